The van der Waals surface area contributed by atoms with Gasteiger partial charge in [-0.25, -0.2) is 4.79 Å². The third-order valence-electron chi connectivity index (χ3n) is 2.84. The predicted octanol–water partition coefficient (Wildman–Crippen LogP) is 3.52. The average Bonchev–Trinajstić information content (AvgIpc) is 2.32. The largest absolute Gasteiger partial charge is 0.481 e. The quantitative estimate of drug-likeness (QED) is 0.739. The maximum Gasteiger partial charge on any atom is 0.319 e. The number of urea groups is 1. The van der Waals surface area contributed by atoms with E-state index < -0.39 is 5.97 Å². The van der Waals surface area contributed by atoms with E-state index in [4.69, 9.17) is 5.11 Å². The van der Waals surface area contributed by atoms with Gasteiger partial charge >= 0.3 is 12.0 Å². The number of benzene rings is 1. The van der Waals surface area contributed by atoms with E-state index in [0.717, 1.165) is 15.7 Å². The highest BCUT2D eigenvalue weighted by molar-refractivity contribution is 9.10. The molecule has 0 aromatic heterocycles. The fraction of sp³-hybridized carbons (Fsp3) is 0.429. The molecule has 0 bridgehead atoms. The van der Waals surface area contributed by atoms with E-state index >= 15 is 0 Å². The summed E-state index contributed by atoms with van der Waals surface area (Å²) in [5.41, 5.74) is 1.72. The lowest BCUT2D eigenvalue weighted by Crippen LogP contribution is -2.36. The molecule has 20 heavy (non-hydrogen) atoms. The van der Waals surface area contributed by atoms with Crippen LogP contribution in [0, 0.1) is 6.92 Å². The van der Waals surface area contributed by atoms with E-state index in [1.807, 2.05) is 32.0 Å². The molecule has 110 valence electrons. The molecule has 0 spiro atoms. The highest BCUT2D eigenvalue weighted by Crippen LogP contribution is 2.19. The van der Waals surface area contributed by atoms with Crippen molar-refractivity contribution in [3.8, 4) is 0 Å². The number of carbonyl (C=O) groups excluding carboxylic acids is 1. The van der Waals surface area contributed by atoms with Gasteiger partial charge < -0.3 is 15.7 Å². The van der Waals surface area contributed by atoms with Crippen molar-refractivity contribution in [3.05, 3.63) is 28.2 Å². The van der Waals surface area contributed by atoms with Crippen molar-refractivity contribution in [3.63, 3.8) is 0 Å². The summed E-state index contributed by atoms with van der Waals surface area (Å²) in [6, 6.07) is 5.27. The second-order valence-corrected chi connectivity index (χ2v) is 5.66. The van der Waals surface area contributed by atoms with Gasteiger partial charge in [-0.3, -0.25) is 4.79 Å². The molecule has 0 aliphatic rings. The number of aryl methyl sites for hydroxylation is 1. The highest BCUT2D eigenvalue weighted by atomic mass is 79.9. The molecule has 0 aliphatic heterocycles. The van der Waals surface area contributed by atoms with Gasteiger partial charge in [-0.15, -0.1) is 0 Å². The molecule has 1 rings (SSSR count). The zero-order valence-corrected chi connectivity index (χ0v) is 13.2. The Bertz CT molecular complexity index is 491. The molecule has 1 unspecified atom stereocenters. The molecule has 0 radical (unpaired) electrons. The number of carbonyl (C=O) groups is 2. The SMILES string of the molecule is Cc1cc(Br)ccc1NC(=O)NC(C)CCCC(=O)O. The van der Waals surface area contributed by atoms with Crippen molar-refractivity contribution in [1.82, 2.24) is 5.32 Å². The molecular formula is C14H19BrN2O3. The molecule has 6 heteroatoms. The van der Waals surface area contributed by atoms with Gasteiger partial charge in [0, 0.05) is 22.6 Å². The van der Waals surface area contributed by atoms with Crippen molar-refractivity contribution in [2.24, 2.45) is 0 Å². The molecular weight excluding hydrogens is 324 g/mol. The number of anilines is 1. The second kappa shape index (κ2) is 7.89. The predicted molar refractivity (Wildman–Crippen MR) is 82.0 cm³/mol. The number of amides is 2. The van der Waals surface area contributed by atoms with Gasteiger partial charge in [0.2, 0.25) is 0 Å². The van der Waals surface area contributed by atoms with Crippen molar-refractivity contribution < 1.29 is 14.7 Å². The summed E-state index contributed by atoms with van der Waals surface area (Å²) in [7, 11) is 0. The Hall–Kier alpha value is -1.56. The zero-order valence-electron chi connectivity index (χ0n) is 11.6. The Balaban J connectivity index is 2.41. The van der Waals surface area contributed by atoms with Gasteiger partial charge in [0.15, 0.2) is 0 Å². The first-order valence-corrected chi connectivity index (χ1v) is 7.23. The summed E-state index contributed by atoms with van der Waals surface area (Å²) in [5.74, 6) is -0.813. The van der Waals surface area contributed by atoms with Crippen LogP contribution in [0.4, 0.5) is 10.5 Å². The maximum atomic E-state index is 11.8. The third kappa shape index (κ3) is 6.06. The topological polar surface area (TPSA) is 78.4 Å². The Kier molecular flexibility index (Phi) is 6.51. The van der Waals surface area contributed by atoms with Crippen LogP contribution in [-0.2, 0) is 4.79 Å². The number of nitrogens with one attached hydrogen (secondary N) is 2. The van der Waals surface area contributed by atoms with Crippen molar-refractivity contribution in [2.75, 3.05) is 5.32 Å². The summed E-state index contributed by atoms with van der Waals surface area (Å²) in [6.45, 7) is 3.77. The molecule has 0 saturated heterocycles. The van der Waals surface area contributed by atoms with Crippen LogP contribution in [0.3, 0.4) is 0 Å². The molecule has 5 nitrogen and oxygen atoms in total. The number of hydrogen-bond acceptors (Lipinski definition) is 2. The number of carboxylic acid groups (broad SMARTS) is 1. The lowest BCUT2D eigenvalue weighted by Gasteiger charge is -2.15. The molecule has 0 aliphatic carbocycles. The van der Waals surface area contributed by atoms with E-state index in [0.29, 0.717) is 12.8 Å². The minimum absolute atomic E-state index is 0.0647. The van der Waals surface area contributed by atoms with Crippen molar-refractivity contribution >= 4 is 33.6 Å². The number of rotatable bonds is 6. The normalized spacial score (nSPS) is 11.8. The second-order valence-electron chi connectivity index (χ2n) is 4.74. The third-order valence-corrected chi connectivity index (χ3v) is 3.34. The molecule has 1 aromatic carbocycles. The Morgan fingerprint density at radius 3 is 2.70 bits per heavy atom. The van der Waals surface area contributed by atoms with Gasteiger partial charge in [-0.1, -0.05) is 15.9 Å². The Labute approximate surface area is 126 Å². The van der Waals surface area contributed by atoms with E-state index in [1.165, 1.54) is 0 Å². The van der Waals surface area contributed by atoms with Crippen molar-refractivity contribution in [1.29, 1.82) is 0 Å². The number of halogens is 1. The standard InChI is InChI=1S/C14H19BrN2O3/c1-9-8-11(15)6-7-12(9)17-14(20)16-10(2)4-3-5-13(18)19/h6-8,10H,3-5H2,1-2H3,(H,18,19)(H2,16,17,20). The van der Waals surface area contributed by atoms with E-state index in [2.05, 4.69) is 26.6 Å². The summed E-state index contributed by atoms with van der Waals surface area (Å²) in [5, 5.41) is 14.1. The first-order chi connectivity index (χ1) is 9.38. The van der Waals surface area contributed by atoms with E-state index in [1.54, 1.807) is 0 Å². The number of carboxylic acids is 1. The summed E-state index contributed by atoms with van der Waals surface area (Å²) in [6.07, 6.45) is 1.31. The van der Waals surface area contributed by atoms with Crippen LogP contribution in [-0.4, -0.2) is 23.1 Å². The molecule has 1 atom stereocenters. The summed E-state index contributed by atoms with van der Waals surface area (Å²) in [4.78, 5) is 22.2. The van der Waals surface area contributed by atoms with Gasteiger partial charge in [0.1, 0.15) is 0 Å². The molecule has 0 fully saturated rings. The monoisotopic (exact) mass is 342 g/mol. The van der Waals surface area contributed by atoms with Crippen LogP contribution in [0.5, 0.6) is 0 Å². The first kappa shape index (κ1) is 16.5. The Morgan fingerprint density at radius 2 is 2.10 bits per heavy atom. The fourth-order valence-electron chi connectivity index (χ4n) is 1.78. The maximum absolute atomic E-state index is 11.8. The van der Waals surface area contributed by atoms with Crippen molar-refractivity contribution in [2.45, 2.75) is 39.2 Å². The smallest absolute Gasteiger partial charge is 0.319 e. The lowest BCUT2D eigenvalue weighted by atomic mass is 10.1. The fourth-order valence-corrected chi connectivity index (χ4v) is 2.26. The minimum Gasteiger partial charge on any atom is -0.481 e. The lowest BCUT2D eigenvalue weighted by molar-refractivity contribution is -0.137. The zero-order chi connectivity index (χ0) is 15.1. The van der Waals surface area contributed by atoms with Crippen LogP contribution in [0.25, 0.3) is 0 Å². The number of hydrogen-bond donors (Lipinski definition) is 3. The van der Waals surface area contributed by atoms with Crippen LogP contribution in [0.2, 0.25) is 0 Å². The number of aliphatic carboxylic acids is 1. The van der Waals surface area contributed by atoms with Gasteiger partial charge in [-0.05, 0) is 50.5 Å². The molecule has 0 saturated carbocycles. The van der Waals surface area contributed by atoms with Crippen LogP contribution < -0.4 is 10.6 Å². The van der Waals surface area contributed by atoms with E-state index in [9.17, 15) is 9.59 Å². The van der Waals surface area contributed by atoms with Gasteiger partial charge in [0.25, 0.3) is 0 Å². The van der Waals surface area contributed by atoms with Crippen LogP contribution in [0.1, 0.15) is 31.7 Å². The summed E-state index contributed by atoms with van der Waals surface area (Å²) < 4.78 is 0.961. The van der Waals surface area contributed by atoms with Gasteiger partial charge in [0.05, 0.1) is 0 Å². The molecule has 1 aromatic rings. The molecule has 2 amide bonds. The first-order valence-electron chi connectivity index (χ1n) is 6.44. The van der Waals surface area contributed by atoms with Crippen LogP contribution >= 0.6 is 15.9 Å². The van der Waals surface area contributed by atoms with Crippen LogP contribution in [0.15, 0.2) is 22.7 Å². The minimum atomic E-state index is -0.813. The molecule has 0 heterocycles. The average molecular weight is 343 g/mol. The highest BCUT2D eigenvalue weighted by Gasteiger charge is 2.09. The molecule has 3 N–H and O–H groups in total. The summed E-state index contributed by atoms with van der Waals surface area (Å²) >= 11 is 3.37. The van der Waals surface area contributed by atoms with E-state index in [-0.39, 0.29) is 18.5 Å². The Morgan fingerprint density at radius 1 is 1.40 bits per heavy atom. The van der Waals surface area contributed by atoms with Gasteiger partial charge in [-0.2, -0.15) is 0 Å².